The molecule has 1 aliphatic carbocycles. The van der Waals surface area contributed by atoms with Crippen LogP contribution in [0.15, 0.2) is 35.5 Å². The van der Waals surface area contributed by atoms with Crippen LogP contribution < -0.4 is 0 Å². The fourth-order valence-corrected chi connectivity index (χ4v) is 3.19. The Kier molecular flexibility index (Phi) is 4.47. The van der Waals surface area contributed by atoms with Gasteiger partial charge in [-0.2, -0.15) is 0 Å². The first-order chi connectivity index (χ1) is 10.6. The van der Waals surface area contributed by atoms with Gasteiger partial charge in [0.1, 0.15) is 5.82 Å². The van der Waals surface area contributed by atoms with Crippen LogP contribution in [0.5, 0.6) is 0 Å². The summed E-state index contributed by atoms with van der Waals surface area (Å²) >= 11 is 1.46. The molecule has 0 radical (unpaired) electrons. The molecule has 1 amide bonds. The molecule has 0 saturated heterocycles. The maximum absolute atomic E-state index is 12.2. The monoisotopic (exact) mass is 316 g/mol. The first-order valence-electron chi connectivity index (χ1n) is 7.45. The largest absolute Gasteiger partial charge is 0.341 e. The van der Waals surface area contributed by atoms with Crippen LogP contribution in [0.1, 0.15) is 30.1 Å². The molecule has 0 bridgehead atoms. The van der Waals surface area contributed by atoms with Crippen molar-refractivity contribution in [2.24, 2.45) is 7.05 Å². The second-order valence-corrected chi connectivity index (χ2v) is 6.64. The number of benzene rings is 1. The lowest BCUT2D eigenvalue weighted by atomic mass is 10.2. The van der Waals surface area contributed by atoms with Crippen molar-refractivity contribution >= 4 is 17.7 Å². The van der Waals surface area contributed by atoms with Gasteiger partial charge in [0.05, 0.1) is 5.75 Å². The van der Waals surface area contributed by atoms with Crippen LogP contribution in [0.25, 0.3) is 0 Å². The molecule has 22 heavy (non-hydrogen) atoms. The number of carbonyl (C=O) groups excluding carboxylic acids is 1. The van der Waals surface area contributed by atoms with Crippen molar-refractivity contribution < 1.29 is 4.79 Å². The molecule has 1 heterocycles. The molecule has 1 aromatic carbocycles. The van der Waals surface area contributed by atoms with Gasteiger partial charge in [0.25, 0.3) is 0 Å². The van der Waals surface area contributed by atoms with Crippen LogP contribution in [0.4, 0.5) is 0 Å². The average Bonchev–Trinajstić information content (AvgIpc) is 3.30. The minimum absolute atomic E-state index is 0.102. The van der Waals surface area contributed by atoms with Gasteiger partial charge in [-0.3, -0.25) is 4.79 Å². The van der Waals surface area contributed by atoms with E-state index in [1.54, 1.807) is 4.90 Å². The fraction of sp³-hybridized carbons (Fsp3) is 0.438. The van der Waals surface area contributed by atoms with E-state index in [0.717, 1.165) is 16.5 Å². The highest BCUT2D eigenvalue weighted by atomic mass is 32.2. The van der Waals surface area contributed by atoms with Crippen molar-refractivity contribution in [1.82, 2.24) is 19.7 Å². The summed E-state index contributed by atoms with van der Waals surface area (Å²) in [7, 11) is 3.82. The molecule has 0 N–H and O–H groups in total. The van der Waals surface area contributed by atoms with Gasteiger partial charge < -0.3 is 9.47 Å². The molecule has 0 unspecified atom stereocenters. The molecule has 6 heteroatoms. The molecule has 1 aromatic heterocycles. The lowest BCUT2D eigenvalue weighted by molar-refractivity contribution is -0.127. The van der Waals surface area contributed by atoms with Gasteiger partial charge in [-0.05, 0) is 18.4 Å². The van der Waals surface area contributed by atoms with Gasteiger partial charge in [0, 0.05) is 26.6 Å². The quantitative estimate of drug-likeness (QED) is 0.768. The lowest BCUT2D eigenvalue weighted by Crippen LogP contribution is -2.27. The third-order valence-corrected chi connectivity index (χ3v) is 4.83. The predicted octanol–water partition coefficient (Wildman–Crippen LogP) is 2.44. The summed E-state index contributed by atoms with van der Waals surface area (Å²) in [4.78, 5) is 14.0. The first kappa shape index (κ1) is 15.1. The van der Waals surface area contributed by atoms with Gasteiger partial charge in [-0.1, -0.05) is 42.1 Å². The third kappa shape index (κ3) is 3.50. The summed E-state index contributed by atoms with van der Waals surface area (Å²) in [6, 6.07) is 10.0. The minimum atomic E-state index is 0.102. The van der Waals surface area contributed by atoms with Gasteiger partial charge in [0.2, 0.25) is 5.91 Å². The van der Waals surface area contributed by atoms with Crippen molar-refractivity contribution in [1.29, 1.82) is 0 Å². The van der Waals surface area contributed by atoms with Crippen LogP contribution in [0.3, 0.4) is 0 Å². The molecule has 1 saturated carbocycles. The second-order valence-electron chi connectivity index (χ2n) is 5.70. The van der Waals surface area contributed by atoms with Crippen molar-refractivity contribution in [2.75, 3.05) is 12.8 Å². The number of hydrogen-bond donors (Lipinski definition) is 0. The molecule has 1 fully saturated rings. The van der Waals surface area contributed by atoms with Crippen molar-refractivity contribution in [2.45, 2.75) is 30.5 Å². The Bertz CT molecular complexity index is 651. The Hall–Kier alpha value is -1.82. The van der Waals surface area contributed by atoms with Crippen LogP contribution in [0.2, 0.25) is 0 Å². The van der Waals surface area contributed by atoms with Gasteiger partial charge >= 0.3 is 0 Å². The molecule has 0 spiro atoms. The number of thioether (sulfide) groups is 1. The standard InChI is InChI=1S/C16H20N4OS/c1-19(10-12-6-4-3-5-7-12)14(21)11-22-16-18-17-15(20(16)2)13-8-9-13/h3-7,13H,8-11H2,1-2H3. The number of nitrogens with zero attached hydrogens (tertiary/aromatic N) is 4. The van der Waals surface area contributed by atoms with Gasteiger partial charge in [0.15, 0.2) is 5.16 Å². The second kappa shape index (κ2) is 6.52. The summed E-state index contributed by atoms with van der Waals surface area (Å²) in [5.41, 5.74) is 1.14. The van der Waals surface area contributed by atoms with E-state index >= 15 is 0 Å². The first-order valence-corrected chi connectivity index (χ1v) is 8.43. The minimum Gasteiger partial charge on any atom is -0.341 e. The molecule has 5 nitrogen and oxygen atoms in total. The number of hydrogen-bond acceptors (Lipinski definition) is 4. The normalized spacial score (nSPS) is 14.1. The summed E-state index contributed by atoms with van der Waals surface area (Å²) < 4.78 is 2.02. The zero-order valence-electron chi connectivity index (χ0n) is 12.9. The smallest absolute Gasteiger partial charge is 0.233 e. The van der Waals surface area contributed by atoms with E-state index in [0.29, 0.717) is 18.2 Å². The lowest BCUT2D eigenvalue weighted by Gasteiger charge is -2.16. The summed E-state index contributed by atoms with van der Waals surface area (Å²) in [5, 5.41) is 9.26. The number of carbonyl (C=O) groups is 1. The van der Waals surface area contributed by atoms with E-state index < -0.39 is 0 Å². The van der Waals surface area contributed by atoms with E-state index in [2.05, 4.69) is 10.2 Å². The maximum Gasteiger partial charge on any atom is 0.233 e. The zero-order chi connectivity index (χ0) is 15.5. The van der Waals surface area contributed by atoms with E-state index in [-0.39, 0.29) is 5.91 Å². The summed E-state index contributed by atoms with van der Waals surface area (Å²) in [6.45, 7) is 0.631. The van der Waals surface area contributed by atoms with E-state index in [9.17, 15) is 4.79 Å². The molecule has 1 aliphatic rings. The van der Waals surface area contributed by atoms with Crippen molar-refractivity contribution in [3.63, 3.8) is 0 Å². The van der Waals surface area contributed by atoms with E-state index in [1.807, 2.05) is 49.0 Å². The van der Waals surface area contributed by atoms with Crippen LogP contribution in [0, 0.1) is 0 Å². The molecule has 3 rings (SSSR count). The SMILES string of the molecule is CN(Cc1ccccc1)C(=O)CSc1nnc(C2CC2)n1C. The Morgan fingerprint density at radius 3 is 2.73 bits per heavy atom. The third-order valence-electron chi connectivity index (χ3n) is 3.82. The highest BCUT2D eigenvalue weighted by molar-refractivity contribution is 7.99. The summed E-state index contributed by atoms with van der Waals surface area (Å²) in [5.74, 6) is 2.11. The zero-order valence-corrected chi connectivity index (χ0v) is 13.7. The number of rotatable bonds is 6. The number of amides is 1. The summed E-state index contributed by atoms with van der Waals surface area (Å²) in [6.07, 6.45) is 2.41. The highest BCUT2D eigenvalue weighted by Crippen LogP contribution is 2.39. The predicted molar refractivity (Wildman–Crippen MR) is 86.6 cm³/mol. The average molecular weight is 316 g/mol. The highest BCUT2D eigenvalue weighted by Gasteiger charge is 2.29. The van der Waals surface area contributed by atoms with E-state index in [1.165, 1.54) is 24.6 Å². The maximum atomic E-state index is 12.2. The Labute approximate surface area is 134 Å². The van der Waals surface area contributed by atoms with Crippen LogP contribution >= 0.6 is 11.8 Å². The van der Waals surface area contributed by atoms with Gasteiger partial charge in [-0.15, -0.1) is 10.2 Å². The molecular formula is C16H20N4OS. The fourth-order valence-electron chi connectivity index (χ4n) is 2.33. The molecule has 0 atom stereocenters. The van der Waals surface area contributed by atoms with Crippen LogP contribution in [-0.4, -0.2) is 38.4 Å². The molecular weight excluding hydrogens is 296 g/mol. The van der Waals surface area contributed by atoms with Gasteiger partial charge in [-0.25, -0.2) is 0 Å². The topological polar surface area (TPSA) is 51.0 Å². The molecule has 0 aliphatic heterocycles. The van der Waals surface area contributed by atoms with Crippen molar-refractivity contribution in [3.8, 4) is 0 Å². The van der Waals surface area contributed by atoms with E-state index in [4.69, 9.17) is 0 Å². The van der Waals surface area contributed by atoms with Crippen molar-refractivity contribution in [3.05, 3.63) is 41.7 Å². The Morgan fingerprint density at radius 2 is 2.05 bits per heavy atom. The number of aromatic nitrogens is 3. The molecule has 116 valence electrons. The molecule has 2 aromatic rings. The Balaban J connectivity index is 1.53. The van der Waals surface area contributed by atoms with Crippen LogP contribution in [-0.2, 0) is 18.4 Å². The Morgan fingerprint density at radius 1 is 1.32 bits per heavy atom.